The number of carbonyl (C=O) groups excluding carboxylic acids is 1. The summed E-state index contributed by atoms with van der Waals surface area (Å²) in [5, 5.41) is 8.79. The fraction of sp³-hybridized carbons (Fsp3) is 0.571. The number of aromatic carboxylic acids is 1. The SMILES string of the molecule is CC1CCN(C(=O)c2ccc(C(=O)O)o2)CC1(C)C. The number of furan rings is 1. The number of carboxylic acid groups (broad SMARTS) is 1. The summed E-state index contributed by atoms with van der Waals surface area (Å²) >= 11 is 0. The largest absolute Gasteiger partial charge is 0.475 e. The van der Waals surface area contributed by atoms with Crippen LogP contribution in [0.4, 0.5) is 0 Å². The summed E-state index contributed by atoms with van der Waals surface area (Å²) in [7, 11) is 0. The van der Waals surface area contributed by atoms with Crippen molar-refractivity contribution in [2.24, 2.45) is 11.3 Å². The molecule has 1 unspecified atom stereocenters. The summed E-state index contributed by atoms with van der Waals surface area (Å²) in [5.74, 6) is -0.933. The Kier molecular flexibility index (Phi) is 3.39. The summed E-state index contributed by atoms with van der Waals surface area (Å²) in [6, 6.07) is 2.74. The van der Waals surface area contributed by atoms with Crippen molar-refractivity contribution in [2.45, 2.75) is 27.2 Å². The normalized spacial score (nSPS) is 22.3. The molecule has 0 aromatic carbocycles. The van der Waals surface area contributed by atoms with Gasteiger partial charge >= 0.3 is 5.97 Å². The summed E-state index contributed by atoms with van der Waals surface area (Å²) in [6.45, 7) is 7.82. The molecule has 104 valence electrons. The first-order chi connectivity index (χ1) is 8.81. The molecule has 1 aliphatic rings. The number of carbonyl (C=O) groups is 2. The smallest absolute Gasteiger partial charge is 0.371 e. The Bertz CT molecular complexity index is 503. The second-order valence-electron chi connectivity index (χ2n) is 5.87. The highest BCUT2D eigenvalue weighted by Crippen LogP contribution is 2.34. The van der Waals surface area contributed by atoms with Crippen molar-refractivity contribution in [2.75, 3.05) is 13.1 Å². The van der Waals surface area contributed by atoms with Gasteiger partial charge in [0.25, 0.3) is 5.91 Å². The van der Waals surface area contributed by atoms with E-state index in [-0.39, 0.29) is 22.8 Å². The molecule has 1 atom stereocenters. The standard InChI is InChI=1S/C14H19NO4/c1-9-6-7-15(8-14(9,2)3)12(16)10-4-5-11(19-10)13(17)18/h4-5,9H,6-8H2,1-3H3,(H,17,18). The van der Waals surface area contributed by atoms with E-state index < -0.39 is 5.97 Å². The molecule has 1 amide bonds. The van der Waals surface area contributed by atoms with Gasteiger partial charge in [-0.25, -0.2) is 4.79 Å². The van der Waals surface area contributed by atoms with Gasteiger partial charge in [-0.15, -0.1) is 0 Å². The lowest BCUT2D eigenvalue weighted by molar-refractivity contribution is 0.0398. The van der Waals surface area contributed by atoms with E-state index in [4.69, 9.17) is 9.52 Å². The molecular weight excluding hydrogens is 246 g/mol. The Balaban J connectivity index is 2.13. The number of nitrogens with zero attached hydrogens (tertiary/aromatic N) is 1. The lowest BCUT2D eigenvalue weighted by atomic mass is 9.75. The van der Waals surface area contributed by atoms with E-state index in [2.05, 4.69) is 20.8 Å². The Labute approximate surface area is 112 Å². The number of piperidine rings is 1. The minimum absolute atomic E-state index is 0.0656. The average molecular weight is 265 g/mol. The Morgan fingerprint density at radius 3 is 2.53 bits per heavy atom. The minimum Gasteiger partial charge on any atom is -0.475 e. The van der Waals surface area contributed by atoms with E-state index in [1.54, 1.807) is 4.90 Å². The van der Waals surface area contributed by atoms with Gasteiger partial charge in [0.15, 0.2) is 5.76 Å². The molecule has 1 aliphatic heterocycles. The highest BCUT2D eigenvalue weighted by Gasteiger charge is 2.35. The van der Waals surface area contributed by atoms with Crippen LogP contribution in [-0.2, 0) is 0 Å². The zero-order valence-electron chi connectivity index (χ0n) is 11.5. The van der Waals surface area contributed by atoms with Gasteiger partial charge in [-0.3, -0.25) is 4.79 Å². The van der Waals surface area contributed by atoms with Crippen molar-refractivity contribution >= 4 is 11.9 Å². The highest BCUT2D eigenvalue weighted by molar-refractivity contribution is 5.93. The molecule has 2 rings (SSSR count). The van der Waals surface area contributed by atoms with Gasteiger partial charge in [-0.1, -0.05) is 20.8 Å². The van der Waals surface area contributed by atoms with Crippen molar-refractivity contribution in [3.05, 3.63) is 23.7 Å². The minimum atomic E-state index is -1.16. The second kappa shape index (κ2) is 4.72. The molecule has 19 heavy (non-hydrogen) atoms. The lowest BCUT2D eigenvalue weighted by Crippen LogP contribution is -2.47. The van der Waals surface area contributed by atoms with Crippen LogP contribution in [0, 0.1) is 11.3 Å². The first-order valence-electron chi connectivity index (χ1n) is 6.43. The van der Waals surface area contributed by atoms with Gasteiger partial charge in [0.2, 0.25) is 5.76 Å². The molecule has 5 nitrogen and oxygen atoms in total. The molecule has 1 saturated heterocycles. The maximum Gasteiger partial charge on any atom is 0.371 e. The Hall–Kier alpha value is -1.78. The Morgan fingerprint density at radius 1 is 1.37 bits per heavy atom. The molecule has 1 N–H and O–H groups in total. The van der Waals surface area contributed by atoms with Crippen LogP contribution in [0.2, 0.25) is 0 Å². The fourth-order valence-electron chi connectivity index (χ4n) is 2.36. The topological polar surface area (TPSA) is 70.8 Å². The van der Waals surface area contributed by atoms with E-state index in [9.17, 15) is 9.59 Å². The number of hydrogen-bond acceptors (Lipinski definition) is 3. The first-order valence-corrected chi connectivity index (χ1v) is 6.43. The summed E-state index contributed by atoms with van der Waals surface area (Å²) in [6.07, 6.45) is 0.950. The predicted molar refractivity (Wildman–Crippen MR) is 69.1 cm³/mol. The molecule has 1 fully saturated rings. The monoisotopic (exact) mass is 265 g/mol. The van der Waals surface area contributed by atoms with Crippen LogP contribution in [-0.4, -0.2) is 35.0 Å². The van der Waals surface area contributed by atoms with Gasteiger partial charge in [0.05, 0.1) is 0 Å². The van der Waals surface area contributed by atoms with Crippen molar-refractivity contribution in [1.82, 2.24) is 4.90 Å². The van der Waals surface area contributed by atoms with E-state index in [1.807, 2.05) is 0 Å². The number of rotatable bonds is 2. The molecule has 0 bridgehead atoms. The third-order valence-electron chi connectivity index (χ3n) is 4.08. The lowest BCUT2D eigenvalue weighted by Gasteiger charge is -2.42. The quantitative estimate of drug-likeness (QED) is 0.891. The van der Waals surface area contributed by atoms with Gasteiger partial charge < -0.3 is 14.4 Å². The first kappa shape index (κ1) is 13.6. The fourth-order valence-corrected chi connectivity index (χ4v) is 2.36. The molecule has 2 heterocycles. The third-order valence-corrected chi connectivity index (χ3v) is 4.08. The van der Waals surface area contributed by atoms with Crippen LogP contribution < -0.4 is 0 Å². The third kappa shape index (κ3) is 2.64. The summed E-state index contributed by atoms with van der Waals surface area (Å²) in [5.41, 5.74) is 0.0656. The van der Waals surface area contributed by atoms with Crippen molar-refractivity contribution in [3.63, 3.8) is 0 Å². The summed E-state index contributed by atoms with van der Waals surface area (Å²) in [4.78, 5) is 24.8. The van der Waals surface area contributed by atoms with Crippen LogP contribution in [0.15, 0.2) is 16.5 Å². The number of hydrogen-bond donors (Lipinski definition) is 1. The molecule has 0 radical (unpaired) electrons. The van der Waals surface area contributed by atoms with E-state index >= 15 is 0 Å². The van der Waals surface area contributed by atoms with Crippen LogP contribution in [0.3, 0.4) is 0 Å². The molecule has 1 aromatic heterocycles. The second-order valence-corrected chi connectivity index (χ2v) is 5.87. The molecule has 0 saturated carbocycles. The number of carboxylic acids is 1. The van der Waals surface area contributed by atoms with Crippen molar-refractivity contribution in [1.29, 1.82) is 0 Å². The number of likely N-dealkylation sites (tertiary alicyclic amines) is 1. The van der Waals surface area contributed by atoms with Crippen LogP contribution in [0.25, 0.3) is 0 Å². The van der Waals surface area contributed by atoms with Crippen molar-refractivity contribution in [3.8, 4) is 0 Å². The Morgan fingerprint density at radius 2 is 2.00 bits per heavy atom. The zero-order valence-corrected chi connectivity index (χ0v) is 11.5. The maximum atomic E-state index is 12.3. The van der Waals surface area contributed by atoms with E-state index in [0.29, 0.717) is 19.0 Å². The highest BCUT2D eigenvalue weighted by atomic mass is 16.4. The van der Waals surface area contributed by atoms with Gasteiger partial charge in [0.1, 0.15) is 0 Å². The van der Waals surface area contributed by atoms with E-state index in [0.717, 1.165) is 6.42 Å². The zero-order chi connectivity index (χ0) is 14.2. The van der Waals surface area contributed by atoms with Gasteiger partial charge in [-0.2, -0.15) is 0 Å². The van der Waals surface area contributed by atoms with Crippen molar-refractivity contribution < 1.29 is 19.1 Å². The predicted octanol–water partition coefficient (Wildman–Crippen LogP) is 2.49. The molecular formula is C14H19NO4. The molecule has 0 aliphatic carbocycles. The van der Waals surface area contributed by atoms with E-state index in [1.165, 1.54) is 12.1 Å². The van der Waals surface area contributed by atoms with Crippen LogP contribution >= 0.6 is 0 Å². The van der Waals surface area contributed by atoms with Crippen LogP contribution in [0.1, 0.15) is 48.3 Å². The molecule has 0 spiro atoms. The molecule has 1 aromatic rings. The van der Waals surface area contributed by atoms with Gasteiger partial charge in [0, 0.05) is 13.1 Å². The maximum absolute atomic E-state index is 12.3. The average Bonchev–Trinajstić information content (AvgIpc) is 2.81. The van der Waals surface area contributed by atoms with Gasteiger partial charge in [-0.05, 0) is 29.9 Å². The molecule has 5 heteroatoms. The number of amides is 1. The van der Waals surface area contributed by atoms with Crippen LogP contribution in [0.5, 0.6) is 0 Å². The summed E-state index contributed by atoms with van der Waals surface area (Å²) < 4.78 is 5.06.